The molecule has 0 saturated heterocycles. The van der Waals surface area contributed by atoms with Crippen LogP contribution in [-0.4, -0.2) is 25.0 Å². The first-order chi connectivity index (χ1) is 7.54. The fourth-order valence-electron chi connectivity index (χ4n) is 1.30. The highest BCUT2D eigenvalue weighted by Gasteiger charge is 1.97. The van der Waals surface area contributed by atoms with Gasteiger partial charge in [0.2, 0.25) is 0 Å². The van der Waals surface area contributed by atoms with Crippen molar-refractivity contribution in [3.05, 3.63) is 35.4 Å². The second-order valence-electron chi connectivity index (χ2n) is 4.00. The number of nitrogens with zero attached hydrogens (tertiary/aromatic N) is 2. The van der Waals surface area contributed by atoms with Gasteiger partial charge in [0.1, 0.15) is 0 Å². The normalized spacial score (nSPS) is 12.8. The Morgan fingerprint density at radius 3 is 2.19 bits per heavy atom. The van der Waals surface area contributed by atoms with Gasteiger partial charge >= 0.3 is 0 Å². The molecule has 1 N–H and O–H groups in total. The summed E-state index contributed by atoms with van der Waals surface area (Å²) in [6.45, 7) is 3.70. The van der Waals surface area contributed by atoms with Gasteiger partial charge in [0.05, 0.1) is 5.71 Å². The third kappa shape index (κ3) is 3.12. The van der Waals surface area contributed by atoms with E-state index in [1.54, 1.807) is 6.92 Å². The van der Waals surface area contributed by atoms with E-state index in [0.29, 0.717) is 5.71 Å². The first-order valence-electron chi connectivity index (χ1n) is 5.19. The lowest BCUT2D eigenvalue weighted by atomic mass is 10.1. The Balaban J connectivity index is 2.91. The van der Waals surface area contributed by atoms with Crippen LogP contribution >= 0.6 is 0 Å². The first kappa shape index (κ1) is 12.3. The number of benzene rings is 1. The molecule has 0 aromatic heterocycles. The Labute approximate surface area is 96.7 Å². The van der Waals surface area contributed by atoms with Crippen LogP contribution in [0.5, 0.6) is 0 Å². The molecule has 1 aromatic rings. The Hall–Kier alpha value is -1.77. The highest BCUT2D eigenvalue weighted by atomic mass is 16.4. The molecule has 0 fully saturated rings. The fourth-order valence-corrected chi connectivity index (χ4v) is 1.30. The molecular weight excluding hydrogens is 200 g/mol. The lowest BCUT2D eigenvalue weighted by molar-refractivity contribution is 0.319. The summed E-state index contributed by atoms with van der Waals surface area (Å²) in [5, 5.41) is 11.8. The van der Waals surface area contributed by atoms with Gasteiger partial charge in [-0.1, -0.05) is 23.4 Å². The Bertz CT molecular complexity index is 402. The minimum Gasteiger partial charge on any atom is -0.411 e. The highest BCUT2D eigenvalue weighted by Crippen LogP contribution is 2.14. The molecule has 0 aliphatic rings. The van der Waals surface area contributed by atoms with E-state index in [4.69, 9.17) is 5.21 Å². The van der Waals surface area contributed by atoms with Gasteiger partial charge in [-0.05, 0) is 37.1 Å². The summed E-state index contributed by atoms with van der Waals surface area (Å²) in [5.41, 5.74) is 3.87. The van der Waals surface area contributed by atoms with Crippen molar-refractivity contribution in [1.82, 2.24) is 0 Å². The van der Waals surface area contributed by atoms with E-state index in [0.717, 1.165) is 11.1 Å². The smallest absolute Gasteiger partial charge is 0.0794 e. The van der Waals surface area contributed by atoms with Gasteiger partial charge in [-0.15, -0.1) is 0 Å². The van der Waals surface area contributed by atoms with Crippen LogP contribution in [0.3, 0.4) is 0 Å². The van der Waals surface area contributed by atoms with Crippen LogP contribution in [0.4, 0.5) is 5.69 Å². The Kier molecular flexibility index (Phi) is 4.11. The minimum atomic E-state index is 0.636. The standard InChI is InChI=1S/C13H18N2O/c1-10(11(2)14-16)9-12-5-7-13(8-6-12)15(3)4/h5-9,16H,1-4H3/b10-9-,14-11+. The summed E-state index contributed by atoms with van der Waals surface area (Å²) in [5.74, 6) is 0. The zero-order chi connectivity index (χ0) is 12.1. The van der Waals surface area contributed by atoms with Crippen LogP contribution in [0.25, 0.3) is 6.08 Å². The maximum absolute atomic E-state index is 8.64. The van der Waals surface area contributed by atoms with Crippen LogP contribution in [0.1, 0.15) is 19.4 Å². The van der Waals surface area contributed by atoms with Crippen molar-refractivity contribution in [3.63, 3.8) is 0 Å². The largest absolute Gasteiger partial charge is 0.411 e. The van der Waals surface area contributed by atoms with E-state index in [1.807, 2.05) is 39.2 Å². The molecule has 3 heteroatoms. The monoisotopic (exact) mass is 218 g/mol. The summed E-state index contributed by atoms with van der Waals surface area (Å²) in [7, 11) is 4.03. The third-order valence-corrected chi connectivity index (χ3v) is 2.51. The summed E-state index contributed by atoms with van der Waals surface area (Å²) >= 11 is 0. The van der Waals surface area contributed by atoms with E-state index in [-0.39, 0.29) is 0 Å². The molecule has 0 aliphatic carbocycles. The topological polar surface area (TPSA) is 35.8 Å². The van der Waals surface area contributed by atoms with Crippen molar-refractivity contribution in [2.75, 3.05) is 19.0 Å². The van der Waals surface area contributed by atoms with E-state index in [1.165, 1.54) is 5.69 Å². The summed E-state index contributed by atoms with van der Waals surface area (Å²) in [4.78, 5) is 2.06. The van der Waals surface area contributed by atoms with Crippen molar-refractivity contribution in [1.29, 1.82) is 0 Å². The van der Waals surface area contributed by atoms with Crippen molar-refractivity contribution in [3.8, 4) is 0 Å². The molecule has 3 nitrogen and oxygen atoms in total. The Morgan fingerprint density at radius 2 is 1.75 bits per heavy atom. The second kappa shape index (κ2) is 5.35. The number of hydrogen-bond acceptors (Lipinski definition) is 3. The van der Waals surface area contributed by atoms with E-state index in [2.05, 4.69) is 22.2 Å². The predicted octanol–water partition coefficient (Wildman–Crippen LogP) is 3.01. The van der Waals surface area contributed by atoms with Crippen LogP contribution in [0.15, 0.2) is 35.0 Å². The van der Waals surface area contributed by atoms with Gasteiger partial charge in [0, 0.05) is 19.8 Å². The molecule has 0 radical (unpaired) electrons. The number of oxime groups is 1. The number of anilines is 1. The molecule has 1 aromatic carbocycles. The summed E-state index contributed by atoms with van der Waals surface area (Å²) in [6, 6.07) is 8.21. The van der Waals surface area contributed by atoms with Gasteiger partial charge in [0.25, 0.3) is 0 Å². The fraction of sp³-hybridized carbons (Fsp3) is 0.308. The van der Waals surface area contributed by atoms with E-state index < -0.39 is 0 Å². The molecule has 16 heavy (non-hydrogen) atoms. The van der Waals surface area contributed by atoms with Crippen LogP contribution < -0.4 is 4.90 Å². The van der Waals surface area contributed by atoms with Crippen molar-refractivity contribution in [2.24, 2.45) is 5.16 Å². The van der Waals surface area contributed by atoms with Crippen molar-refractivity contribution < 1.29 is 5.21 Å². The lowest BCUT2D eigenvalue weighted by Crippen LogP contribution is -2.07. The number of hydrogen-bond donors (Lipinski definition) is 1. The molecule has 0 saturated carbocycles. The van der Waals surface area contributed by atoms with Crippen LogP contribution in [0, 0.1) is 0 Å². The summed E-state index contributed by atoms with van der Waals surface area (Å²) in [6.07, 6.45) is 1.99. The number of rotatable bonds is 3. The minimum absolute atomic E-state index is 0.636. The molecule has 0 atom stereocenters. The maximum Gasteiger partial charge on any atom is 0.0794 e. The van der Waals surface area contributed by atoms with Crippen LogP contribution in [0.2, 0.25) is 0 Å². The molecular formula is C13H18N2O. The molecule has 0 spiro atoms. The SMILES string of the molecule is CC(=C/c1ccc(N(C)C)cc1)/C(C)=N/O. The Morgan fingerprint density at radius 1 is 1.19 bits per heavy atom. The maximum atomic E-state index is 8.64. The zero-order valence-corrected chi connectivity index (χ0v) is 10.2. The zero-order valence-electron chi connectivity index (χ0n) is 10.2. The predicted molar refractivity (Wildman–Crippen MR) is 69.3 cm³/mol. The van der Waals surface area contributed by atoms with E-state index in [9.17, 15) is 0 Å². The van der Waals surface area contributed by atoms with Crippen molar-refractivity contribution in [2.45, 2.75) is 13.8 Å². The van der Waals surface area contributed by atoms with Gasteiger partial charge in [-0.25, -0.2) is 0 Å². The summed E-state index contributed by atoms with van der Waals surface area (Å²) < 4.78 is 0. The van der Waals surface area contributed by atoms with Gasteiger partial charge < -0.3 is 10.1 Å². The van der Waals surface area contributed by atoms with Crippen molar-refractivity contribution >= 4 is 17.5 Å². The molecule has 0 bridgehead atoms. The molecule has 0 heterocycles. The van der Waals surface area contributed by atoms with Crippen LogP contribution in [-0.2, 0) is 0 Å². The van der Waals surface area contributed by atoms with Gasteiger partial charge in [-0.3, -0.25) is 0 Å². The third-order valence-electron chi connectivity index (χ3n) is 2.51. The second-order valence-corrected chi connectivity index (χ2v) is 4.00. The molecule has 1 rings (SSSR count). The molecule has 0 amide bonds. The van der Waals surface area contributed by atoms with E-state index >= 15 is 0 Å². The first-order valence-corrected chi connectivity index (χ1v) is 5.19. The molecule has 0 aliphatic heterocycles. The van der Waals surface area contributed by atoms with Gasteiger partial charge in [-0.2, -0.15) is 0 Å². The quantitative estimate of drug-likeness (QED) is 0.481. The molecule has 86 valence electrons. The highest BCUT2D eigenvalue weighted by molar-refractivity contribution is 6.01. The number of allylic oxidation sites excluding steroid dienone is 1. The average molecular weight is 218 g/mol. The lowest BCUT2D eigenvalue weighted by Gasteiger charge is -2.12. The average Bonchev–Trinajstić information content (AvgIpc) is 2.28. The van der Waals surface area contributed by atoms with Gasteiger partial charge in [0.15, 0.2) is 0 Å². The molecule has 0 unspecified atom stereocenters.